The number of carbonyl (C=O) groups is 3. The first-order valence-electron chi connectivity index (χ1n) is 24.4. The number of esters is 3. The summed E-state index contributed by atoms with van der Waals surface area (Å²) < 4.78 is 16.7. The van der Waals surface area contributed by atoms with Gasteiger partial charge in [-0.3, -0.25) is 14.4 Å². The normalized spacial score (nSPS) is 13.0. The first-order valence-corrected chi connectivity index (χ1v) is 24.4. The smallest absolute Gasteiger partial charge is 0.306 e. The SMILES string of the molecule is CC\C=C/C=C\C=C/CCCCCCCCCC(=O)OC(COC(=O)CCCC/C=C\C/C=C\CC)COC(=O)CCCCCCCC/C=C\C/C=C\C/C=C\C/C=C\CC. The predicted octanol–water partition coefficient (Wildman–Crippen LogP) is 16.0. The summed E-state index contributed by atoms with van der Waals surface area (Å²) >= 11 is 0. The van der Waals surface area contributed by atoms with Crippen molar-refractivity contribution in [3.8, 4) is 0 Å². The fourth-order valence-electron chi connectivity index (χ4n) is 6.23. The molecule has 0 spiro atoms. The lowest BCUT2D eigenvalue weighted by Crippen LogP contribution is -2.30. The zero-order valence-corrected chi connectivity index (χ0v) is 39.1. The Morgan fingerprint density at radius 3 is 1.13 bits per heavy atom. The molecule has 0 aromatic carbocycles. The molecule has 0 heterocycles. The van der Waals surface area contributed by atoms with Gasteiger partial charge in [-0.25, -0.2) is 0 Å². The maximum absolute atomic E-state index is 12.8. The van der Waals surface area contributed by atoms with Gasteiger partial charge in [-0.1, -0.05) is 188 Å². The standard InChI is InChI=1S/C55H88O6/c1-4-7-10-13-16-19-21-23-25-26-27-28-30-31-33-36-39-42-45-48-54(57)60-51-52(50-59-53(56)47-44-41-38-35-18-15-12-9-6-3)61-55(58)49-46-43-40-37-34-32-29-24-22-20-17-14-11-8-5-2/h7-12,14,16-20,22-23,25,27-28,35,52H,4-6,13,15,21,24,26,29-34,36-51H2,1-3H3/b10-7-,11-8-,12-9-,17-14-,19-16-,22-20-,25-23-,28-27-,35-18-. The van der Waals surface area contributed by atoms with Crippen LogP contribution < -0.4 is 0 Å². The number of hydrogen-bond acceptors (Lipinski definition) is 6. The highest BCUT2D eigenvalue weighted by Crippen LogP contribution is 2.13. The second-order valence-electron chi connectivity index (χ2n) is 15.6. The maximum atomic E-state index is 12.8. The van der Waals surface area contributed by atoms with Gasteiger partial charge in [-0.2, -0.15) is 0 Å². The van der Waals surface area contributed by atoms with Gasteiger partial charge >= 0.3 is 17.9 Å². The van der Waals surface area contributed by atoms with Crippen molar-refractivity contribution in [3.63, 3.8) is 0 Å². The molecule has 0 aromatic heterocycles. The molecule has 0 aliphatic heterocycles. The molecule has 1 atom stereocenters. The number of rotatable bonds is 42. The molecule has 61 heavy (non-hydrogen) atoms. The van der Waals surface area contributed by atoms with Gasteiger partial charge in [0.25, 0.3) is 0 Å². The van der Waals surface area contributed by atoms with Crippen LogP contribution in [0.5, 0.6) is 0 Å². The van der Waals surface area contributed by atoms with E-state index >= 15 is 0 Å². The van der Waals surface area contributed by atoms with Crippen molar-refractivity contribution in [2.75, 3.05) is 13.2 Å². The second kappa shape index (κ2) is 48.7. The van der Waals surface area contributed by atoms with Gasteiger partial charge in [0.05, 0.1) is 0 Å². The van der Waals surface area contributed by atoms with Gasteiger partial charge in [0.15, 0.2) is 6.10 Å². The molecule has 0 saturated heterocycles. The molecular formula is C55H88O6. The number of carbonyl (C=O) groups excluding carboxylic acids is 3. The van der Waals surface area contributed by atoms with E-state index in [1.54, 1.807) is 0 Å². The van der Waals surface area contributed by atoms with Crippen LogP contribution in [0.4, 0.5) is 0 Å². The average Bonchev–Trinajstić information content (AvgIpc) is 3.26. The summed E-state index contributed by atoms with van der Waals surface area (Å²) in [5.41, 5.74) is 0. The lowest BCUT2D eigenvalue weighted by atomic mass is 10.1. The number of ether oxygens (including phenoxy) is 3. The highest BCUT2D eigenvalue weighted by Gasteiger charge is 2.19. The molecule has 0 fully saturated rings. The van der Waals surface area contributed by atoms with Crippen molar-refractivity contribution in [3.05, 3.63) is 109 Å². The average molecular weight is 845 g/mol. The zero-order chi connectivity index (χ0) is 44.4. The summed E-state index contributed by atoms with van der Waals surface area (Å²) in [6.07, 6.45) is 65.1. The summed E-state index contributed by atoms with van der Waals surface area (Å²) in [4.78, 5) is 37.8. The summed E-state index contributed by atoms with van der Waals surface area (Å²) in [7, 11) is 0. The highest BCUT2D eigenvalue weighted by molar-refractivity contribution is 5.71. The van der Waals surface area contributed by atoms with Crippen molar-refractivity contribution in [1.82, 2.24) is 0 Å². The molecule has 6 nitrogen and oxygen atoms in total. The van der Waals surface area contributed by atoms with Crippen LogP contribution in [0.3, 0.4) is 0 Å². The molecule has 0 saturated carbocycles. The molecular weight excluding hydrogens is 757 g/mol. The molecule has 0 N–H and O–H groups in total. The highest BCUT2D eigenvalue weighted by atomic mass is 16.6. The van der Waals surface area contributed by atoms with Gasteiger partial charge in [0, 0.05) is 19.3 Å². The lowest BCUT2D eigenvalue weighted by Gasteiger charge is -2.18. The summed E-state index contributed by atoms with van der Waals surface area (Å²) in [5, 5.41) is 0. The molecule has 0 aliphatic rings. The number of hydrogen-bond donors (Lipinski definition) is 0. The van der Waals surface area contributed by atoms with Crippen molar-refractivity contribution in [2.45, 2.75) is 207 Å². The Bertz CT molecular complexity index is 1290. The third-order valence-corrected chi connectivity index (χ3v) is 9.81. The van der Waals surface area contributed by atoms with Crippen molar-refractivity contribution in [2.24, 2.45) is 0 Å². The van der Waals surface area contributed by atoms with Gasteiger partial charge in [0.1, 0.15) is 13.2 Å². The van der Waals surface area contributed by atoms with Crippen LogP contribution in [-0.2, 0) is 28.6 Å². The first kappa shape index (κ1) is 57.1. The van der Waals surface area contributed by atoms with Crippen molar-refractivity contribution >= 4 is 17.9 Å². The summed E-state index contributed by atoms with van der Waals surface area (Å²) in [5.74, 6) is -0.975. The minimum absolute atomic E-state index is 0.103. The van der Waals surface area contributed by atoms with Crippen LogP contribution >= 0.6 is 0 Å². The Labute approximate surface area is 374 Å². The van der Waals surface area contributed by atoms with Crippen LogP contribution in [0.1, 0.15) is 201 Å². The molecule has 344 valence electrons. The molecule has 0 bridgehead atoms. The molecule has 0 radical (unpaired) electrons. The van der Waals surface area contributed by atoms with Gasteiger partial charge in [-0.05, 0) is 103 Å². The second-order valence-corrected chi connectivity index (χ2v) is 15.6. The largest absolute Gasteiger partial charge is 0.462 e. The molecule has 0 amide bonds. The Kier molecular flexibility index (Phi) is 45.6. The Morgan fingerprint density at radius 2 is 0.672 bits per heavy atom. The van der Waals surface area contributed by atoms with Gasteiger partial charge in [0.2, 0.25) is 0 Å². The quantitative estimate of drug-likeness (QED) is 0.0200. The van der Waals surface area contributed by atoms with Crippen LogP contribution in [0.15, 0.2) is 109 Å². The van der Waals surface area contributed by atoms with E-state index in [0.29, 0.717) is 19.3 Å². The molecule has 1 unspecified atom stereocenters. The summed E-state index contributed by atoms with van der Waals surface area (Å²) in [6.45, 7) is 6.20. The van der Waals surface area contributed by atoms with Gasteiger partial charge in [-0.15, -0.1) is 0 Å². The van der Waals surface area contributed by atoms with E-state index in [1.165, 1.54) is 32.1 Å². The van der Waals surface area contributed by atoms with E-state index in [1.807, 2.05) is 0 Å². The summed E-state index contributed by atoms with van der Waals surface area (Å²) in [6, 6.07) is 0. The van der Waals surface area contributed by atoms with Crippen molar-refractivity contribution in [1.29, 1.82) is 0 Å². The predicted molar refractivity (Wildman–Crippen MR) is 260 cm³/mol. The van der Waals surface area contributed by atoms with Crippen molar-refractivity contribution < 1.29 is 28.6 Å². The van der Waals surface area contributed by atoms with Crippen LogP contribution in [0, 0.1) is 0 Å². The maximum Gasteiger partial charge on any atom is 0.306 e. The topological polar surface area (TPSA) is 78.9 Å². The molecule has 0 aliphatic carbocycles. The Morgan fingerprint density at radius 1 is 0.344 bits per heavy atom. The van der Waals surface area contributed by atoms with E-state index in [9.17, 15) is 14.4 Å². The zero-order valence-electron chi connectivity index (χ0n) is 39.1. The van der Waals surface area contributed by atoms with Gasteiger partial charge < -0.3 is 14.2 Å². The minimum atomic E-state index is -0.804. The first-order chi connectivity index (χ1) is 30.0. The van der Waals surface area contributed by atoms with E-state index in [-0.39, 0.29) is 31.1 Å². The monoisotopic (exact) mass is 845 g/mol. The molecule has 0 rings (SSSR count). The number of allylic oxidation sites excluding steroid dienone is 18. The van der Waals surface area contributed by atoms with Crippen LogP contribution in [-0.4, -0.2) is 37.2 Å². The fourth-order valence-corrected chi connectivity index (χ4v) is 6.23. The van der Waals surface area contributed by atoms with E-state index in [2.05, 4.69) is 130 Å². The molecule has 0 aromatic rings. The third-order valence-electron chi connectivity index (χ3n) is 9.81. The number of unbranched alkanes of at least 4 members (excludes halogenated alkanes) is 15. The van der Waals surface area contributed by atoms with Crippen LogP contribution in [0.25, 0.3) is 0 Å². The fraction of sp³-hybridized carbons (Fsp3) is 0.618. The minimum Gasteiger partial charge on any atom is -0.462 e. The Hall–Kier alpha value is -3.93. The Balaban J connectivity index is 4.40. The van der Waals surface area contributed by atoms with E-state index in [0.717, 1.165) is 128 Å². The third kappa shape index (κ3) is 47.0. The lowest BCUT2D eigenvalue weighted by molar-refractivity contribution is -0.167. The van der Waals surface area contributed by atoms with E-state index < -0.39 is 6.10 Å². The van der Waals surface area contributed by atoms with E-state index in [4.69, 9.17) is 14.2 Å². The molecule has 6 heteroatoms. The van der Waals surface area contributed by atoms with Crippen LogP contribution in [0.2, 0.25) is 0 Å².